The molecule has 0 atom stereocenters. The SMILES string of the molecule is CC(=O)c1ccc(Nc2ccc(Cl)cc2)c([N+](=O)[O-])c1. The van der Waals surface area contributed by atoms with Crippen molar-refractivity contribution in [2.75, 3.05) is 5.32 Å². The molecule has 0 heterocycles. The van der Waals surface area contributed by atoms with E-state index >= 15 is 0 Å². The van der Waals surface area contributed by atoms with Crippen LogP contribution in [0.3, 0.4) is 0 Å². The molecule has 2 rings (SSSR count). The Morgan fingerprint density at radius 3 is 2.40 bits per heavy atom. The van der Waals surface area contributed by atoms with E-state index in [2.05, 4.69) is 5.32 Å². The van der Waals surface area contributed by atoms with Crippen molar-refractivity contribution >= 4 is 34.4 Å². The monoisotopic (exact) mass is 290 g/mol. The van der Waals surface area contributed by atoms with Gasteiger partial charge in [-0.2, -0.15) is 0 Å². The van der Waals surface area contributed by atoms with E-state index in [1.807, 2.05) is 0 Å². The third-order valence-electron chi connectivity index (χ3n) is 2.72. The molecule has 0 aliphatic rings. The number of hydrogen-bond donors (Lipinski definition) is 1. The van der Waals surface area contributed by atoms with Gasteiger partial charge in [0.2, 0.25) is 0 Å². The lowest BCUT2D eigenvalue weighted by Gasteiger charge is -2.08. The highest BCUT2D eigenvalue weighted by Crippen LogP contribution is 2.29. The van der Waals surface area contributed by atoms with Gasteiger partial charge in [0.05, 0.1) is 4.92 Å². The molecular formula is C14H11ClN2O3. The molecule has 102 valence electrons. The van der Waals surface area contributed by atoms with Crippen LogP contribution in [-0.2, 0) is 0 Å². The molecule has 5 nitrogen and oxygen atoms in total. The first kappa shape index (κ1) is 14.0. The average Bonchev–Trinajstić information content (AvgIpc) is 2.41. The number of nitrogens with zero attached hydrogens (tertiary/aromatic N) is 1. The van der Waals surface area contributed by atoms with Crippen LogP contribution < -0.4 is 5.32 Å². The summed E-state index contributed by atoms with van der Waals surface area (Å²) < 4.78 is 0. The predicted molar refractivity (Wildman–Crippen MR) is 77.8 cm³/mol. The second-order valence-corrected chi connectivity index (χ2v) is 4.61. The lowest BCUT2D eigenvalue weighted by molar-refractivity contribution is -0.383. The van der Waals surface area contributed by atoms with Gasteiger partial charge in [-0.15, -0.1) is 0 Å². The fourth-order valence-electron chi connectivity index (χ4n) is 1.70. The highest BCUT2D eigenvalue weighted by atomic mass is 35.5. The quantitative estimate of drug-likeness (QED) is 0.520. The lowest BCUT2D eigenvalue weighted by atomic mass is 10.1. The maximum absolute atomic E-state index is 11.3. The Kier molecular flexibility index (Phi) is 4.00. The van der Waals surface area contributed by atoms with E-state index in [0.29, 0.717) is 22.0 Å². The summed E-state index contributed by atoms with van der Waals surface area (Å²) >= 11 is 5.78. The number of Topliss-reactive ketones (excluding diaryl/α,β-unsaturated/α-hetero) is 1. The van der Waals surface area contributed by atoms with Crippen LogP contribution >= 0.6 is 11.6 Å². The molecule has 0 bridgehead atoms. The second kappa shape index (κ2) is 5.71. The highest BCUT2D eigenvalue weighted by molar-refractivity contribution is 6.30. The first-order valence-electron chi connectivity index (χ1n) is 5.79. The molecule has 0 saturated heterocycles. The predicted octanol–water partition coefficient (Wildman–Crippen LogP) is 4.19. The summed E-state index contributed by atoms with van der Waals surface area (Å²) in [6, 6.07) is 11.1. The second-order valence-electron chi connectivity index (χ2n) is 4.18. The molecule has 2 aromatic carbocycles. The number of hydrogen-bond acceptors (Lipinski definition) is 4. The van der Waals surface area contributed by atoms with Crippen LogP contribution in [-0.4, -0.2) is 10.7 Å². The number of nitro benzene ring substituents is 1. The van der Waals surface area contributed by atoms with E-state index in [9.17, 15) is 14.9 Å². The summed E-state index contributed by atoms with van der Waals surface area (Å²) in [5.41, 5.74) is 1.15. The number of carbonyl (C=O) groups excluding carboxylic acids is 1. The number of nitro groups is 1. The van der Waals surface area contributed by atoms with Crippen LogP contribution in [0.5, 0.6) is 0 Å². The minimum Gasteiger partial charge on any atom is -0.350 e. The number of carbonyl (C=O) groups is 1. The number of ketones is 1. The Morgan fingerprint density at radius 2 is 1.85 bits per heavy atom. The van der Waals surface area contributed by atoms with Crippen molar-refractivity contribution in [3.63, 3.8) is 0 Å². The number of nitrogens with one attached hydrogen (secondary N) is 1. The van der Waals surface area contributed by atoms with Crippen LogP contribution in [0, 0.1) is 10.1 Å². The molecule has 0 fully saturated rings. The molecule has 20 heavy (non-hydrogen) atoms. The van der Waals surface area contributed by atoms with Gasteiger partial charge in [0.25, 0.3) is 5.69 Å². The summed E-state index contributed by atoms with van der Waals surface area (Å²) in [7, 11) is 0. The zero-order valence-corrected chi connectivity index (χ0v) is 11.3. The summed E-state index contributed by atoms with van der Waals surface area (Å²) in [5.74, 6) is -0.217. The van der Waals surface area contributed by atoms with Gasteiger partial charge < -0.3 is 5.32 Å². The average molecular weight is 291 g/mol. The first-order chi connectivity index (χ1) is 9.47. The van der Waals surface area contributed by atoms with E-state index in [4.69, 9.17) is 11.6 Å². The molecule has 1 N–H and O–H groups in total. The van der Waals surface area contributed by atoms with E-state index in [1.165, 1.54) is 19.1 Å². The largest absolute Gasteiger partial charge is 0.350 e. The summed E-state index contributed by atoms with van der Waals surface area (Å²) in [6.45, 7) is 1.37. The van der Waals surface area contributed by atoms with E-state index in [0.717, 1.165) is 0 Å². The summed E-state index contributed by atoms with van der Waals surface area (Å²) in [4.78, 5) is 21.8. The Morgan fingerprint density at radius 1 is 1.20 bits per heavy atom. The van der Waals surface area contributed by atoms with Crippen LogP contribution in [0.25, 0.3) is 0 Å². The Bertz CT molecular complexity index is 669. The molecule has 2 aromatic rings. The minimum atomic E-state index is -0.523. The number of rotatable bonds is 4. The highest BCUT2D eigenvalue weighted by Gasteiger charge is 2.16. The van der Waals surface area contributed by atoms with Gasteiger partial charge in [-0.1, -0.05) is 11.6 Å². The number of halogens is 1. The van der Waals surface area contributed by atoms with Gasteiger partial charge in [-0.05, 0) is 43.3 Å². The third kappa shape index (κ3) is 3.13. The lowest BCUT2D eigenvalue weighted by Crippen LogP contribution is -2.00. The standard InChI is InChI=1S/C14H11ClN2O3/c1-9(18)10-2-7-13(14(8-10)17(19)20)16-12-5-3-11(15)4-6-12/h2-8,16H,1H3. The smallest absolute Gasteiger partial charge is 0.293 e. The Balaban J connectivity index is 2.38. The van der Waals surface area contributed by atoms with Gasteiger partial charge in [-0.3, -0.25) is 14.9 Å². The molecule has 0 aromatic heterocycles. The van der Waals surface area contributed by atoms with Gasteiger partial charge in [0.1, 0.15) is 5.69 Å². The molecule has 0 aliphatic carbocycles. The van der Waals surface area contributed by atoms with Crippen molar-refractivity contribution in [1.82, 2.24) is 0 Å². The molecule has 0 saturated carbocycles. The Hall–Kier alpha value is -2.40. The van der Waals surface area contributed by atoms with Crippen molar-refractivity contribution in [3.8, 4) is 0 Å². The zero-order chi connectivity index (χ0) is 14.7. The van der Waals surface area contributed by atoms with Crippen LogP contribution in [0.15, 0.2) is 42.5 Å². The zero-order valence-electron chi connectivity index (χ0n) is 10.6. The maximum Gasteiger partial charge on any atom is 0.293 e. The molecule has 6 heteroatoms. The minimum absolute atomic E-state index is 0.146. The van der Waals surface area contributed by atoms with Crippen LogP contribution in [0.2, 0.25) is 5.02 Å². The maximum atomic E-state index is 11.3. The van der Waals surface area contributed by atoms with Crippen molar-refractivity contribution in [1.29, 1.82) is 0 Å². The Labute approximate surface area is 120 Å². The van der Waals surface area contributed by atoms with Crippen molar-refractivity contribution in [3.05, 3.63) is 63.2 Å². The van der Waals surface area contributed by atoms with Crippen molar-refractivity contribution in [2.24, 2.45) is 0 Å². The van der Waals surface area contributed by atoms with Crippen molar-refractivity contribution < 1.29 is 9.72 Å². The molecule has 0 aliphatic heterocycles. The number of anilines is 2. The fraction of sp³-hybridized carbons (Fsp3) is 0.0714. The molecule has 0 unspecified atom stereocenters. The third-order valence-corrected chi connectivity index (χ3v) is 2.98. The van der Waals surface area contributed by atoms with E-state index in [1.54, 1.807) is 30.3 Å². The molecular weight excluding hydrogens is 280 g/mol. The van der Waals surface area contributed by atoms with E-state index in [-0.39, 0.29) is 11.5 Å². The molecule has 0 amide bonds. The molecule has 0 spiro atoms. The van der Waals surface area contributed by atoms with E-state index < -0.39 is 4.92 Å². The van der Waals surface area contributed by atoms with Gasteiger partial charge in [0, 0.05) is 22.3 Å². The van der Waals surface area contributed by atoms with Crippen molar-refractivity contribution in [2.45, 2.75) is 6.92 Å². The van der Waals surface area contributed by atoms with Gasteiger partial charge in [-0.25, -0.2) is 0 Å². The normalized spacial score (nSPS) is 10.1. The number of benzene rings is 2. The molecule has 0 radical (unpaired) electrons. The van der Waals surface area contributed by atoms with Gasteiger partial charge >= 0.3 is 0 Å². The fourth-order valence-corrected chi connectivity index (χ4v) is 1.82. The summed E-state index contributed by atoms with van der Waals surface area (Å²) in [6.07, 6.45) is 0. The summed E-state index contributed by atoms with van der Waals surface area (Å²) in [5, 5.41) is 14.6. The van der Waals surface area contributed by atoms with Crippen LogP contribution in [0.4, 0.5) is 17.1 Å². The van der Waals surface area contributed by atoms with Gasteiger partial charge in [0.15, 0.2) is 5.78 Å². The van der Waals surface area contributed by atoms with Crippen LogP contribution in [0.1, 0.15) is 17.3 Å². The topological polar surface area (TPSA) is 72.2 Å². The first-order valence-corrected chi connectivity index (χ1v) is 6.17.